The van der Waals surface area contributed by atoms with E-state index in [9.17, 15) is 49.3 Å². The fourth-order valence-corrected chi connectivity index (χ4v) is 12.4. The Bertz CT molecular complexity index is 1400. The van der Waals surface area contributed by atoms with Crippen LogP contribution in [0.1, 0.15) is 92.4 Å². The molecule has 3 unspecified atom stereocenters. The van der Waals surface area contributed by atoms with Crippen LogP contribution in [-0.2, 0) is 33.5 Å². The highest BCUT2D eigenvalue weighted by Crippen LogP contribution is 2.69. The Kier molecular flexibility index (Phi) is 12.6. The van der Waals surface area contributed by atoms with Crippen molar-refractivity contribution in [3.8, 4) is 0 Å². The highest BCUT2D eigenvalue weighted by molar-refractivity contribution is 7.80. The summed E-state index contributed by atoms with van der Waals surface area (Å²) in [6.07, 6.45) is -8.85. The molecule has 0 aromatic carbocycles. The lowest BCUT2D eigenvalue weighted by Gasteiger charge is -2.66. The Hall–Kier alpha value is -0.610. The first kappa shape index (κ1) is 43.0. The van der Waals surface area contributed by atoms with Gasteiger partial charge in [0.15, 0.2) is 12.6 Å². The van der Waals surface area contributed by atoms with Gasteiger partial charge in [-0.2, -0.15) is 8.42 Å². The molecule has 0 bridgehead atoms. The second kappa shape index (κ2) is 15.9. The van der Waals surface area contributed by atoms with Crippen LogP contribution in [0.2, 0.25) is 0 Å². The van der Waals surface area contributed by atoms with Crippen molar-refractivity contribution in [1.29, 1.82) is 0 Å². The van der Waals surface area contributed by atoms with Crippen LogP contribution in [0.4, 0.5) is 0 Å². The predicted octanol–water partition coefficient (Wildman–Crippen LogP) is 0.250. The van der Waals surface area contributed by atoms with E-state index in [0.29, 0.717) is 32.1 Å². The Morgan fingerprint density at radius 1 is 0.833 bits per heavy atom. The maximum absolute atomic E-state index is 12.6. The summed E-state index contributed by atoms with van der Waals surface area (Å²) in [5, 5.41) is 88.0. The standard InChI is InChI=1S/C37H64O16S/c1-17(2)25(51-34-31(29(43)26(52-34)16-50-54(46,47)48)53-33-30(44)28(42)24(41)15-49-33)7-6-18(3)20-13-22(39)32-36(20,5)11-9-27-35(4)10-8-19(38)12-21(35)23(40)14-37(27,32)45/h17-34,38-45H,6-16H2,1-5H3,(H,46,47,48)/t18-,19+,20-,21?,22+,23+,24-,25-,26-,27?,28+,29-,30-,31-,32?,33+,34+,35+,36-,37+/m1/s1. The maximum Gasteiger partial charge on any atom is 0.397 e. The Labute approximate surface area is 318 Å². The van der Waals surface area contributed by atoms with Gasteiger partial charge < -0.3 is 59.8 Å². The van der Waals surface area contributed by atoms with E-state index in [-0.39, 0.29) is 48.0 Å². The van der Waals surface area contributed by atoms with E-state index >= 15 is 0 Å². The summed E-state index contributed by atoms with van der Waals surface area (Å²) in [6.45, 7) is 9.23. The van der Waals surface area contributed by atoms with Gasteiger partial charge in [-0.25, -0.2) is 4.18 Å². The van der Waals surface area contributed by atoms with E-state index in [1.807, 2.05) is 13.8 Å². The quantitative estimate of drug-likeness (QED) is 0.120. The Morgan fingerprint density at radius 2 is 1.52 bits per heavy atom. The molecular weight excluding hydrogens is 732 g/mol. The van der Waals surface area contributed by atoms with Gasteiger partial charge in [0.05, 0.1) is 43.2 Å². The minimum absolute atomic E-state index is 0.0560. The summed E-state index contributed by atoms with van der Waals surface area (Å²) >= 11 is 0. The van der Waals surface area contributed by atoms with Gasteiger partial charge in [0.1, 0.15) is 36.6 Å². The molecule has 17 heteroatoms. The molecule has 0 aromatic rings. The fraction of sp³-hybridized carbons (Fsp3) is 1.00. The first-order valence-electron chi connectivity index (χ1n) is 19.8. The molecule has 20 atom stereocenters. The van der Waals surface area contributed by atoms with Crippen molar-refractivity contribution in [2.24, 2.45) is 46.3 Å². The minimum atomic E-state index is -4.88. The molecule has 6 aliphatic rings. The first-order valence-corrected chi connectivity index (χ1v) is 21.2. The van der Waals surface area contributed by atoms with Crippen molar-refractivity contribution in [2.75, 3.05) is 13.2 Å². The van der Waals surface area contributed by atoms with Crippen molar-refractivity contribution in [1.82, 2.24) is 0 Å². The molecule has 2 aliphatic heterocycles. The average Bonchev–Trinajstić information content (AvgIpc) is 3.53. The Balaban J connectivity index is 1.15. The average molecular weight is 797 g/mol. The van der Waals surface area contributed by atoms with E-state index in [4.69, 9.17) is 23.5 Å². The molecule has 0 spiro atoms. The number of ether oxygens (including phenoxy) is 4. The molecule has 2 saturated heterocycles. The van der Waals surface area contributed by atoms with Gasteiger partial charge in [0.2, 0.25) is 0 Å². The number of fused-ring (bicyclic) bond motifs is 5. The Morgan fingerprint density at radius 3 is 2.19 bits per heavy atom. The molecule has 9 N–H and O–H groups in total. The molecule has 0 amide bonds. The number of aliphatic hydroxyl groups is 8. The van der Waals surface area contributed by atoms with Gasteiger partial charge in [-0.05, 0) is 91.8 Å². The van der Waals surface area contributed by atoms with Crippen molar-refractivity contribution in [3.05, 3.63) is 0 Å². The molecule has 2 heterocycles. The van der Waals surface area contributed by atoms with Crippen LogP contribution in [0.25, 0.3) is 0 Å². The molecule has 314 valence electrons. The number of hydrogen-bond donors (Lipinski definition) is 9. The van der Waals surface area contributed by atoms with E-state index in [1.54, 1.807) is 0 Å². The van der Waals surface area contributed by atoms with Gasteiger partial charge in [0, 0.05) is 12.3 Å². The van der Waals surface area contributed by atoms with Crippen molar-refractivity contribution < 1.29 is 77.0 Å². The van der Waals surface area contributed by atoms with E-state index in [1.165, 1.54) is 0 Å². The van der Waals surface area contributed by atoms with Gasteiger partial charge >= 0.3 is 10.4 Å². The predicted molar refractivity (Wildman–Crippen MR) is 188 cm³/mol. The van der Waals surface area contributed by atoms with Crippen LogP contribution in [0.3, 0.4) is 0 Å². The normalized spacial score (nSPS) is 50.7. The highest BCUT2D eigenvalue weighted by Gasteiger charge is 2.70. The maximum atomic E-state index is 12.6. The fourth-order valence-electron chi connectivity index (χ4n) is 12.1. The van der Waals surface area contributed by atoms with Gasteiger partial charge in [-0.1, -0.05) is 34.6 Å². The monoisotopic (exact) mass is 796 g/mol. The van der Waals surface area contributed by atoms with Gasteiger partial charge in [-0.3, -0.25) is 4.55 Å². The molecule has 54 heavy (non-hydrogen) atoms. The summed E-state index contributed by atoms with van der Waals surface area (Å²) in [4.78, 5) is 0. The third-order valence-corrected chi connectivity index (χ3v) is 15.2. The van der Waals surface area contributed by atoms with Crippen LogP contribution in [-0.4, -0.2) is 146 Å². The zero-order chi connectivity index (χ0) is 39.7. The number of aliphatic hydroxyl groups excluding tert-OH is 7. The SMILES string of the molecule is CC(C)[C@@H](CC[C@@H](C)[C@H]1C[C@H](O)C2[C@]3(O)C[C@H](O)C4C[C@@H](O)CC[C@]4(C)C3CC[C@@]21C)O[C@H]1O[C@H](COS(=O)(=O)O)[C@@H](O)[C@H]1O[C@@H]1OC[C@@H](O)[C@H](O)[C@H]1O. The second-order valence-electron chi connectivity index (χ2n) is 18.4. The van der Waals surface area contributed by atoms with Crippen LogP contribution in [0.15, 0.2) is 0 Å². The van der Waals surface area contributed by atoms with Crippen LogP contribution in [0.5, 0.6) is 0 Å². The molecule has 0 aromatic heterocycles. The summed E-state index contributed by atoms with van der Waals surface area (Å²) in [5.41, 5.74) is -1.98. The van der Waals surface area contributed by atoms with E-state index < -0.39 is 108 Å². The highest BCUT2D eigenvalue weighted by atomic mass is 32.3. The molecular formula is C37H64O16S. The van der Waals surface area contributed by atoms with Crippen LogP contribution >= 0.6 is 0 Å². The van der Waals surface area contributed by atoms with Crippen molar-refractivity contribution in [3.63, 3.8) is 0 Å². The number of hydrogen-bond acceptors (Lipinski definition) is 15. The first-order chi connectivity index (χ1) is 25.1. The smallest absolute Gasteiger partial charge is 0.393 e. The minimum Gasteiger partial charge on any atom is -0.393 e. The molecule has 4 saturated carbocycles. The summed E-state index contributed by atoms with van der Waals surface area (Å²) in [6, 6.07) is 0. The van der Waals surface area contributed by atoms with E-state index in [2.05, 4.69) is 25.0 Å². The molecule has 6 rings (SSSR count). The van der Waals surface area contributed by atoms with Crippen LogP contribution in [0, 0.1) is 46.3 Å². The lowest BCUT2D eigenvalue weighted by molar-refractivity contribution is -0.307. The zero-order valence-corrected chi connectivity index (χ0v) is 32.8. The van der Waals surface area contributed by atoms with Gasteiger partial charge in [0.25, 0.3) is 0 Å². The molecule has 16 nitrogen and oxygen atoms in total. The lowest BCUT2D eigenvalue weighted by atomic mass is 9.42. The molecule has 0 radical (unpaired) electrons. The van der Waals surface area contributed by atoms with E-state index in [0.717, 1.165) is 19.3 Å². The third kappa shape index (κ3) is 7.92. The molecule has 6 fully saturated rings. The second-order valence-corrected chi connectivity index (χ2v) is 19.4. The van der Waals surface area contributed by atoms with Crippen molar-refractivity contribution in [2.45, 2.75) is 172 Å². The summed E-state index contributed by atoms with van der Waals surface area (Å²) < 4.78 is 59.7. The largest absolute Gasteiger partial charge is 0.397 e. The third-order valence-electron chi connectivity index (χ3n) is 14.8. The van der Waals surface area contributed by atoms with Gasteiger partial charge in [-0.15, -0.1) is 0 Å². The lowest BCUT2D eigenvalue weighted by Crippen LogP contribution is -2.68. The zero-order valence-electron chi connectivity index (χ0n) is 32.0. The summed E-state index contributed by atoms with van der Waals surface area (Å²) in [7, 11) is -4.88. The number of rotatable bonds is 12. The topological polar surface area (TPSA) is 262 Å². The van der Waals surface area contributed by atoms with Crippen LogP contribution < -0.4 is 0 Å². The molecule has 4 aliphatic carbocycles. The summed E-state index contributed by atoms with van der Waals surface area (Å²) in [5.74, 6) is -0.558. The van der Waals surface area contributed by atoms with Crippen molar-refractivity contribution >= 4 is 10.4 Å².